The van der Waals surface area contributed by atoms with Crippen LogP contribution in [0.1, 0.15) is 30.4 Å². The molecule has 0 radical (unpaired) electrons. The lowest BCUT2D eigenvalue weighted by Gasteiger charge is -2.34. The average Bonchev–Trinajstić information content (AvgIpc) is 2.27. The molecule has 100 valence electrons. The van der Waals surface area contributed by atoms with Crippen LogP contribution in [0.4, 0.5) is 0 Å². The minimum Gasteiger partial charge on any atom is -0.207 e. The van der Waals surface area contributed by atoms with Crippen LogP contribution in [0.15, 0.2) is 23.1 Å². The number of aryl methyl sites for hydroxylation is 1. The summed E-state index contributed by atoms with van der Waals surface area (Å²) in [4.78, 5) is 0.384. The normalized spacial score (nSPS) is 16.9. The molecule has 5 heteroatoms. The lowest BCUT2D eigenvalue weighted by atomic mass is 9.94. The molecular weight excluding hydrogens is 270 g/mol. The third-order valence-electron chi connectivity index (χ3n) is 3.65. The molecule has 0 atom stereocenters. The molecule has 0 bridgehead atoms. The summed E-state index contributed by atoms with van der Waals surface area (Å²) in [7, 11) is -1.72. The highest BCUT2D eigenvalue weighted by atomic mass is 35.5. The van der Waals surface area contributed by atoms with E-state index in [-0.39, 0.29) is 6.04 Å². The number of halogens is 1. The predicted molar refractivity (Wildman–Crippen MR) is 73.3 cm³/mol. The van der Waals surface area contributed by atoms with Crippen molar-refractivity contribution in [1.82, 2.24) is 4.31 Å². The molecule has 1 aliphatic rings. The van der Waals surface area contributed by atoms with Gasteiger partial charge in [0, 0.05) is 19.0 Å². The molecule has 1 fully saturated rings. The second-order valence-corrected chi connectivity index (χ2v) is 7.07. The average molecular weight is 288 g/mol. The van der Waals surface area contributed by atoms with Gasteiger partial charge in [-0.25, -0.2) is 8.42 Å². The highest BCUT2D eigenvalue weighted by Gasteiger charge is 2.32. The van der Waals surface area contributed by atoms with Gasteiger partial charge in [0.05, 0.1) is 4.90 Å². The molecule has 0 N–H and O–H groups in total. The van der Waals surface area contributed by atoms with E-state index in [1.165, 1.54) is 4.31 Å². The third-order valence-corrected chi connectivity index (χ3v) is 6.01. The lowest BCUT2D eigenvalue weighted by Crippen LogP contribution is -2.41. The fourth-order valence-electron chi connectivity index (χ4n) is 2.11. The molecule has 0 aromatic heterocycles. The topological polar surface area (TPSA) is 37.4 Å². The van der Waals surface area contributed by atoms with Crippen LogP contribution >= 0.6 is 11.6 Å². The maximum atomic E-state index is 12.5. The summed E-state index contributed by atoms with van der Waals surface area (Å²) in [5.41, 5.74) is 1.61. The highest BCUT2D eigenvalue weighted by molar-refractivity contribution is 7.89. The van der Waals surface area contributed by atoms with Crippen LogP contribution in [0.25, 0.3) is 0 Å². The van der Waals surface area contributed by atoms with E-state index in [4.69, 9.17) is 11.6 Å². The second-order valence-electron chi connectivity index (χ2n) is 4.84. The zero-order valence-electron chi connectivity index (χ0n) is 10.7. The fraction of sp³-hybridized carbons (Fsp3) is 0.538. The maximum Gasteiger partial charge on any atom is 0.243 e. The van der Waals surface area contributed by atoms with Crippen molar-refractivity contribution in [3.63, 3.8) is 0 Å². The first-order valence-electron chi connectivity index (χ1n) is 6.10. The van der Waals surface area contributed by atoms with E-state index in [1.54, 1.807) is 13.1 Å². The minimum absolute atomic E-state index is 0.161. The summed E-state index contributed by atoms with van der Waals surface area (Å²) in [5, 5.41) is 0. The molecule has 3 nitrogen and oxygen atoms in total. The van der Waals surface area contributed by atoms with E-state index in [9.17, 15) is 8.42 Å². The SMILES string of the molecule is Cc1ccc(CCl)cc1S(=O)(=O)N(C)C1CCC1. The molecule has 0 unspecified atom stereocenters. The summed E-state index contributed by atoms with van der Waals surface area (Å²) >= 11 is 5.77. The number of benzene rings is 1. The number of rotatable bonds is 4. The molecule has 1 aromatic carbocycles. The summed E-state index contributed by atoms with van der Waals surface area (Å²) in [6, 6.07) is 5.53. The Balaban J connectivity index is 2.39. The number of hydrogen-bond donors (Lipinski definition) is 0. The van der Waals surface area contributed by atoms with Gasteiger partial charge in [-0.05, 0) is 37.0 Å². The Morgan fingerprint density at radius 2 is 2.06 bits per heavy atom. The van der Waals surface area contributed by atoms with Crippen LogP contribution in [0, 0.1) is 6.92 Å². The van der Waals surface area contributed by atoms with Crippen molar-refractivity contribution in [3.05, 3.63) is 29.3 Å². The molecular formula is C13H18ClNO2S. The Morgan fingerprint density at radius 3 is 2.56 bits per heavy atom. The molecule has 18 heavy (non-hydrogen) atoms. The van der Waals surface area contributed by atoms with E-state index < -0.39 is 10.0 Å². The first-order chi connectivity index (χ1) is 8.46. The van der Waals surface area contributed by atoms with E-state index in [0.717, 1.165) is 30.4 Å². The zero-order valence-corrected chi connectivity index (χ0v) is 12.3. The van der Waals surface area contributed by atoms with Crippen LogP contribution in [-0.4, -0.2) is 25.8 Å². The first-order valence-corrected chi connectivity index (χ1v) is 8.08. The molecule has 2 rings (SSSR count). The van der Waals surface area contributed by atoms with Gasteiger partial charge in [0.25, 0.3) is 0 Å². The largest absolute Gasteiger partial charge is 0.243 e. The van der Waals surface area contributed by atoms with Crippen LogP contribution in [0.2, 0.25) is 0 Å². The van der Waals surface area contributed by atoms with Gasteiger partial charge in [-0.3, -0.25) is 0 Å². The van der Waals surface area contributed by atoms with Gasteiger partial charge in [0.2, 0.25) is 10.0 Å². The first kappa shape index (κ1) is 13.8. The van der Waals surface area contributed by atoms with Crippen LogP contribution < -0.4 is 0 Å². The Hall–Kier alpha value is -0.580. The van der Waals surface area contributed by atoms with Crippen LogP contribution in [0.3, 0.4) is 0 Å². The number of sulfonamides is 1. The summed E-state index contributed by atoms with van der Waals surface area (Å²) < 4.78 is 26.6. The Labute approximate surface area is 114 Å². The molecule has 0 amide bonds. The van der Waals surface area contributed by atoms with Gasteiger partial charge in [-0.2, -0.15) is 4.31 Å². The molecule has 1 aliphatic carbocycles. The fourth-order valence-corrected chi connectivity index (χ4v) is 3.96. The molecule has 1 aromatic rings. The predicted octanol–water partition coefficient (Wildman–Crippen LogP) is 2.91. The summed E-state index contributed by atoms with van der Waals surface area (Å²) in [6.07, 6.45) is 3.04. The Morgan fingerprint density at radius 1 is 1.39 bits per heavy atom. The Kier molecular flexibility index (Phi) is 3.99. The van der Waals surface area contributed by atoms with Crippen molar-refractivity contribution >= 4 is 21.6 Å². The number of nitrogens with zero attached hydrogens (tertiary/aromatic N) is 1. The van der Waals surface area contributed by atoms with Crippen molar-refractivity contribution in [2.75, 3.05) is 7.05 Å². The van der Waals surface area contributed by atoms with Crippen LogP contribution in [0.5, 0.6) is 0 Å². The number of alkyl halides is 1. The van der Waals surface area contributed by atoms with Crippen molar-refractivity contribution < 1.29 is 8.42 Å². The van der Waals surface area contributed by atoms with Crippen molar-refractivity contribution in [3.8, 4) is 0 Å². The van der Waals surface area contributed by atoms with E-state index in [1.807, 2.05) is 19.1 Å². The molecule has 0 heterocycles. The van der Waals surface area contributed by atoms with Gasteiger partial charge < -0.3 is 0 Å². The minimum atomic E-state index is -3.39. The molecule has 1 saturated carbocycles. The van der Waals surface area contributed by atoms with E-state index in [2.05, 4.69) is 0 Å². The monoisotopic (exact) mass is 287 g/mol. The molecule has 0 saturated heterocycles. The van der Waals surface area contributed by atoms with Gasteiger partial charge in [-0.1, -0.05) is 18.6 Å². The van der Waals surface area contributed by atoms with Crippen molar-refractivity contribution in [2.24, 2.45) is 0 Å². The van der Waals surface area contributed by atoms with E-state index in [0.29, 0.717) is 10.8 Å². The van der Waals surface area contributed by atoms with Crippen molar-refractivity contribution in [2.45, 2.75) is 43.0 Å². The van der Waals surface area contributed by atoms with Gasteiger partial charge in [0.1, 0.15) is 0 Å². The van der Waals surface area contributed by atoms with Crippen molar-refractivity contribution in [1.29, 1.82) is 0 Å². The third kappa shape index (κ3) is 2.42. The Bertz CT molecular complexity index is 538. The smallest absolute Gasteiger partial charge is 0.207 e. The van der Waals surface area contributed by atoms with Gasteiger partial charge in [0.15, 0.2) is 0 Å². The van der Waals surface area contributed by atoms with Crippen LogP contribution in [-0.2, 0) is 15.9 Å². The second kappa shape index (κ2) is 5.19. The molecule has 0 spiro atoms. The summed E-state index contributed by atoms with van der Waals surface area (Å²) in [5.74, 6) is 0.329. The molecule has 0 aliphatic heterocycles. The maximum absolute atomic E-state index is 12.5. The van der Waals surface area contributed by atoms with E-state index >= 15 is 0 Å². The standard InChI is InChI=1S/C13H18ClNO2S/c1-10-6-7-11(9-14)8-13(10)18(16,17)15(2)12-4-3-5-12/h6-8,12H,3-5,9H2,1-2H3. The van der Waals surface area contributed by atoms with Gasteiger partial charge in [-0.15, -0.1) is 11.6 Å². The van der Waals surface area contributed by atoms with Gasteiger partial charge >= 0.3 is 0 Å². The quantitative estimate of drug-likeness (QED) is 0.799. The number of hydrogen-bond acceptors (Lipinski definition) is 2. The zero-order chi connectivity index (χ0) is 13.3. The highest BCUT2D eigenvalue weighted by Crippen LogP contribution is 2.30. The summed E-state index contributed by atoms with van der Waals surface area (Å²) in [6.45, 7) is 1.82. The lowest BCUT2D eigenvalue weighted by molar-refractivity contribution is 0.249.